The molecular weight excluding hydrogens is 271 g/mol. The van der Waals surface area contributed by atoms with E-state index < -0.39 is 6.16 Å². The van der Waals surface area contributed by atoms with E-state index >= 15 is 0 Å². The lowest BCUT2D eigenvalue weighted by molar-refractivity contribution is -0.0582. The zero-order valence-corrected chi connectivity index (χ0v) is 9.41. The van der Waals surface area contributed by atoms with Crippen molar-refractivity contribution in [2.45, 2.75) is 42.8 Å². The smallest absolute Gasteiger partial charge is 0.431 e. The number of halogens is 1. The molecule has 0 spiro atoms. The van der Waals surface area contributed by atoms with E-state index in [2.05, 4.69) is 22.6 Å². The summed E-state index contributed by atoms with van der Waals surface area (Å²) in [5.74, 6) is 0. The first-order valence-electron chi connectivity index (χ1n) is 4.14. The van der Waals surface area contributed by atoms with Crippen LogP contribution in [0.5, 0.6) is 0 Å². The summed E-state index contributed by atoms with van der Waals surface area (Å²) in [7, 11) is 0. The fourth-order valence-corrected chi connectivity index (χ4v) is 1.61. The fraction of sp³-hybridized carbons (Fsp3) is 0.875. The monoisotopic (exact) mass is 284 g/mol. The molecule has 0 radical (unpaired) electrons. The van der Waals surface area contributed by atoms with Gasteiger partial charge in [0.2, 0.25) is 0 Å². The molecule has 1 saturated heterocycles. The Hall–Kier alpha value is 0. The number of hydrogen-bond donors (Lipinski definition) is 0. The standard InChI is InChI=1S/C8H13IO3/c1-3-6-4-7(5(2)9)12-8(10)11-6/h5-7H,3-4H2,1-2H3/t5-,6-,7-/m1/s1. The van der Waals surface area contributed by atoms with E-state index in [1.165, 1.54) is 0 Å². The summed E-state index contributed by atoms with van der Waals surface area (Å²) < 4.78 is 10.3. The van der Waals surface area contributed by atoms with Gasteiger partial charge in [0, 0.05) is 10.3 Å². The van der Waals surface area contributed by atoms with E-state index in [0.29, 0.717) is 3.92 Å². The van der Waals surface area contributed by atoms with Crippen molar-refractivity contribution in [1.82, 2.24) is 0 Å². The molecule has 1 aliphatic heterocycles. The van der Waals surface area contributed by atoms with Gasteiger partial charge in [-0.05, 0) is 13.3 Å². The molecular formula is C8H13IO3. The molecule has 1 rings (SSSR count). The fourth-order valence-electron chi connectivity index (χ4n) is 1.17. The summed E-state index contributed by atoms with van der Waals surface area (Å²) in [5.41, 5.74) is 0. The third-order valence-electron chi connectivity index (χ3n) is 1.97. The van der Waals surface area contributed by atoms with E-state index in [-0.39, 0.29) is 12.2 Å². The minimum absolute atomic E-state index is 0.0248. The molecule has 1 aliphatic rings. The normalized spacial score (nSPS) is 32.1. The average Bonchev–Trinajstić information content (AvgIpc) is 2.03. The summed E-state index contributed by atoms with van der Waals surface area (Å²) >= 11 is 2.27. The Balaban J connectivity index is 2.51. The average molecular weight is 284 g/mol. The van der Waals surface area contributed by atoms with Gasteiger partial charge in [0.15, 0.2) is 0 Å². The third kappa shape index (κ3) is 2.50. The van der Waals surface area contributed by atoms with Gasteiger partial charge in [-0.15, -0.1) is 0 Å². The van der Waals surface area contributed by atoms with Gasteiger partial charge in [0.05, 0.1) is 0 Å². The van der Waals surface area contributed by atoms with Crippen LogP contribution in [0.3, 0.4) is 0 Å². The Labute approximate surface area is 85.9 Å². The van der Waals surface area contributed by atoms with Crippen LogP contribution in [0.1, 0.15) is 26.7 Å². The second-order valence-corrected chi connectivity index (χ2v) is 4.93. The van der Waals surface area contributed by atoms with Crippen molar-refractivity contribution in [2.75, 3.05) is 0 Å². The number of carbonyl (C=O) groups excluding carboxylic acids is 1. The molecule has 70 valence electrons. The lowest BCUT2D eigenvalue weighted by Crippen LogP contribution is -2.37. The van der Waals surface area contributed by atoms with Crippen LogP contribution in [-0.4, -0.2) is 22.3 Å². The van der Waals surface area contributed by atoms with Crippen molar-refractivity contribution in [3.05, 3.63) is 0 Å². The summed E-state index contributed by atoms with van der Waals surface area (Å²) in [6, 6.07) is 0. The van der Waals surface area contributed by atoms with Crippen LogP contribution in [0.2, 0.25) is 0 Å². The van der Waals surface area contributed by atoms with Crippen LogP contribution in [0.25, 0.3) is 0 Å². The minimum atomic E-state index is -0.512. The molecule has 12 heavy (non-hydrogen) atoms. The van der Waals surface area contributed by atoms with Gasteiger partial charge in [-0.25, -0.2) is 4.79 Å². The molecule has 3 nitrogen and oxygen atoms in total. The maximum absolute atomic E-state index is 10.9. The van der Waals surface area contributed by atoms with Gasteiger partial charge in [0.25, 0.3) is 0 Å². The topological polar surface area (TPSA) is 35.5 Å². The number of carbonyl (C=O) groups is 1. The zero-order chi connectivity index (χ0) is 9.14. The second-order valence-electron chi connectivity index (χ2n) is 2.97. The molecule has 1 heterocycles. The Bertz CT molecular complexity index is 170. The second kappa shape index (κ2) is 4.30. The lowest BCUT2D eigenvalue weighted by Gasteiger charge is -2.29. The molecule has 0 aliphatic carbocycles. The van der Waals surface area contributed by atoms with Crippen LogP contribution >= 0.6 is 22.6 Å². The predicted octanol–water partition coefficient (Wildman–Crippen LogP) is 2.51. The van der Waals surface area contributed by atoms with Crippen molar-refractivity contribution in [2.24, 2.45) is 0 Å². The zero-order valence-electron chi connectivity index (χ0n) is 7.25. The first kappa shape index (κ1) is 10.1. The largest absolute Gasteiger partial charge is 0.508 e. The van der Waals surface area contributed by atoms with E-state index in [1.807, 2.05) is 13.8 Å². The van der Waals surface area contributed by atoms with E-state index in [4.69, 9.17) is 9.47 Å². The Kier molecular flexibility index (Phi) is 3.61. The Morgan fingerprint density at radius 1 is 1.67 bits per heavy atom. The maximum Gasteiger partial charge on any atom is 0.508 e. The van der Waals surface area contributed by atoms with Gasteiger partial charge in [-0.1, -0.05) is 29.5 Å². The summed E-state index contributed by atoms with van der Waals surface area (Å²) in [6.45, 7) is 4.05. The molecule has 0 bridgehead atoms. The van der Waals surface area contributed by atoms with Gasteiger partial charge >= 0.3 is 6.16 Å². The van der Waals surface area contributed by atoms with Crippen molar-refractivity contribution in [3.63, 3.8) is 0 Å². The minimum Gasteiger partial charge on any atom is -0.431 e. The van der Waals surface area contributed by atoms with Gasteiger partial charge in [0.1, 0.15) is 12.2 Å². The highest BCUT2D eigenvalue weighted by molar-refractivity contribution is 14.1. The van der Waals surface area contributed by atoms with Gasteiger partial charge < -0.3 is 9.47 Å². The highest BCUT2D eigenvalue weighted by atomic mass is 127. The van der Waals surface area contributed by atoms with E-state index in [1.54, 1.807) is 0 Å². The van der Waals surface area contributed by atoms with Crippen molar-refractivity contribution in [3.8, 4) is 0 Å². The number of alkyl halides is 1. The Morgan fingerprint density at radius 2 is 2.33 bits per heavy atom. The molecule has 0 aromatic carbocycles. The van der Waals surface area contributed by atoms with E-state index in [0.717, 1.165) is 12.8 Å². The molecule has 0 N–H and O–H groups in total. The van der Waals surface area contributed by atoms with Crippen LogP contribution in [0, 0.1) is 0 Å². The number of cyclic esters (lactones) is 2. The molecule has 3 atom stereocenters. The first-order valence-corrected chi connectivity index (χ1v) is 5.39. The molecule has 0 aromatic heterocycles. The third-order valence-corrected chi connectivity index (χ3v) is 2.78. The van der Waals surface area contributed by atoms with Gasteiger partial charge in [-0.3, -0.25) is 0 Å². The highest BCUT2D eigenvalue weighted by Crippen LogP contribution is 2.23. The molecule has 0 amide bonds. The van der Waals surface area contributed by atoms with Crippen LogP contribution in [-0.2, 0) is 9.47 Å². The number of ether oxygens (including phenoxy) is 2. The summed E-state index contributed by atoms with van der Waals surface area (Å²) in [6.07, 6.45) is 1.26. The quantitative estimate of drug-likeness (QED) is 0.444. The number of hydrogen-bond acceptors (Lipinski definition) is 3. The SMILES string of the molecule is CC[C@@H]1C[C@H]([C@@H](C)I)OC(=O)O1. The van der Waals surface area contributed by atoms with Crippen molar-refractivity contribution in [1.29, 1.82) is 0 Å². The molecule has 0 aromatic rings. The van der Waals surface area contributed by atoms with Crippen molar-refractivity contribution >= 4 is 28.7 Å². The Morgan fingerprint density at radius 3 is 2.83 bits per heavy atom. The predicted molar refractivity (Wildman–Crippen MR) is 53.5 cm³/mol. The lowest BCUT2D eigenvalue weighted by atomic mass is 10.1. The van der Waals surface area contributed by atoms with E-state index in [9.17, 15) is 4.79 Å². The number of rotatable bonds is 2. The molecule has 0 saturated carbocycles. The van der Waals surface area contributed by atoms with Gasteiger partial charge in [-0.2, -0.15) is 0 Å². The molecule has 4 heteroatoms. The highest BCUT2D eigenvalue weighted by Gasteiger charge is 2.31. The van der Waals surface area contributed by atoms with Crippen LogP contribution < -0.4 is 0 Å². The maximum atomic E-state index is 10.9. The first-order chi connectivity index (χ1) is 5.63. The van der Waals surface area contributed by atoms with Crippen LogP contribution in [0.4, 0.5) is 4.79 Å². The van der Waals surface area contributed by atoms with Crippen molar-refractivity contribution < 1.29 is 14.3 Å². The summed E-state index contributed by atoms with van der Waals surface area (Å²) in [5, 5.41) is 0. The summed E-state index contributed by atoms with van der Waals surface area (Å²) in [4.78, 5) is 10.9. The van der Waals surface area contributed by atoms with Crippen LogP contribution in [0.15, 0.2) is 0 Å². The molecule has 0 unspecified atom stereocenters. The molecule has 1 fully saturated rings.